The quantitative estimate of drug-likeness (QED) is 0.810. The highest BCUT2D eigenvalue weighted by molar-refractivity contribution is 6.32. The van der Waals surface area contributed by atoms with Gasteiger partial charge in [0, 0.05) is 31.9 Å². The maximum Gasteiger partial charge on any atom is 0.263 e. The summed E-state index contributed by atoms with van der Waals surface area (Å²) in [4.78, 5) is 16.9. The van der Waals surface area contributed by atoms with Crippen molar-refractivity contribution in [1.82, 2.24) is 4.90 Å². The van der Waals surface area contributed by atoms with Gasteiger partial charge in [0.15, 0.2) is 6.10 Å². The second-order valence-electron chi connectivity index (χ2n) is 6.72. The van der Waals surface area contributed by atoms with Crippen LogP contribution in [0.15, 0.2) is 42.5 Å². The fourth-order valence-electron chi connectivity index (χ4n) is 3.28. The molecule has 3 rings (SSSR count). The number of para-hydroxylation sites is 1. The minimum absolute atomic E-state index is 0.00512. The normalized spacial score (nSPS) is 15.7. The summed E-state index contributed by atoms with van der Waals surface area (Å²) < 4.78 is 5.77. The first kappa shape index (κ1) is 18.6. The van der Waals surface area contributed by atoms with Gasteiger partial charge in [-0.2, -0.15) is 0 Å². The smallest absolute Gasteiger partial charge is 0.263 e. The third-order valence-corrected chi connectivity index (χ3v) is 5.31. The minimum atomic E-state index is -0.554. The summed E-state index contributed by atoms with van der Waals surface area (Å²) in [6, 6.07) is 13.6. The van der Waals surface area contributed by atoms with E-state index in [0.29, 0.717) is 23.9 Å². The molecule has 4 nitrogen and oxygen atoms in total. The number of piperazine rings is 1. The average molecular weight is 373 g/mol. The Bertz CT molecular complexity index is 785. The van der Waals surface area contributed by atoms with Gasteiger partial charge in [-0.05, 0) is 50.1 Å². The lowest BCUT2D eigenvalue weighted by atomic mass is 10.1. The van der Waals surface area contributed by atoms with Crippen LogP contribution in [0.25, 0.3) is 0 Å². The van der Waals surface area contributed by atoms with Gasteiger partial charge < -0.3 is 14.5 Å². The number of hydrogen-bond donors (Lipinski definition) is 0. The summed E-state index contributed by atoms with van der Waals surface area (Å²) in [7, 11) is 0. The molecule has 1 fully saturated rings. The molecule has 0 spiro atoms. The van der Waals surface area contributed by atoms with E-state index in [1.54, 1.807) is 19.1 Å². The van der Waals surface area contributed by atoms with E-state index in [1.807, 2.05) is 17.0 Å². The highest BCUT2D eigenvalue weighted by Gasteiger charge is 2.27. The van der Waals surface area contributed by atoms with Gasteiger partial charge in [0.1, 0.15) is 5.75 Å². The van der Waals surface area contributed by atoms with Gasteiger partial charge in [-0.1, -0.05) is 35.9 Å². The van der Waals surface area contributed by atoms with E-state index < -0.39 is 6.10 Å². The number of halogens is 1. The Balaban J connectivity index is 1.60. The van der Waals surface area contributed by atoms with E-state index in [1.165, 1.54) is 16.8 Å². The van der Waals surface area contributed by atoms with Crippen molar-refractivity contribution in [2.45, 2.75) is 26.9 Å². The number of nitrogens with zero attached hydrogens (tertiary/aromatic N) is 2. The van der Waals surface area contributed by atoms with Crippen LogP contribution in [-0.2, 0) is 4.79 Å². The zero-order valence-corrected chi connectivity index (χ0v) is 16.3. The molecule has 1 aliphatic rings. The van der Waals surface area contributed by atoms with Gasteiger partial charge >= 0.3 is 0 Å². The topological polar surface area (TPSA) is 32.8 Å². The number of amides is 1. The molecular formula is C21H25ClN2O2. The number of carbonyl (C=O) groups is 1. The fourth-order valence-corrected chi connectivity index (χ4v) is 3.46. The first-order valence-corrected chi connectivity index (χ1v) is 9.36. The molecule has 0 aromatic heterocycles. The van der Waals surface area contributed by atoms with E-state index in [-0.39, 0.29) is 5.91 Å². The molecular weight excluding hydrogens is 348 g/mol. The molecule has 0 saturated carbocycles. The first-order chi connectivity index (χ1) is 12.5. The second-order valence-corrected chi connectivity index (χ2v) is 7.13. The van der Waals surface area contributed by atoms with Crippen molar-refractivity contribution >= 4 is 23.2 Å². The third kappa shape index (κ3) is 3.96. The summed E-state index contributed by atoms with van der Waals surface area (Å²) >= 11 is 6.12. The summed E-state index contributed by atoms with van der Waals surface area (Å²) in [6.07, 6.45) is -0.554. The van der Waals surface area contributed by atoms with Crippen molar-refractivity contribution in [3.63, 3.8) is 0 Å². The number of hydrogen-bond acceptors (Lipinski definition) is 3. The molecule has 0 bridgehead atoms. The Morgan fingerprint density at radius 2 is 1.73 bits per heavy atom. The zero-order chi connectivity index (χ0) is 18.7. The molecule has 2 aromatic carbocycles. The van der Waals surface area contributed by atoms with Gasteiger partial charge in [-0.15, -0.1) is 0 Å². The Labute approximate surface area is 160 Å². The van der Waals surface area contributed by atoms with Gasteiger partial charge in [-0.25, -0.2) is 0 Å². The van der Waals surface area contributed by atoms with Crippen molar-refractivity contribution in [2.24, 2.45) is 0 Å². The third-order valence-electron chi connectivity index (χ3n) is 5.00. The first-order valence-electron chi connectivity index (χ1n) is 8.98. The Hall–Kier alpha value is -2.20. The van der Waals surface area contributed by atoms with Crippen molar-refractivity contribution < 1.29 is 9.53 Å². The molecule has 1 amide bonds. The van der Waals surface area contributed by atoms with Gasteiger partial charge in [-0.3, -0.25) is 4.79 Å². The molecule has 1 heterocycles. The summed E-state index contributed by atoms with van der Waals surface area (Å²) in [5.74, 6) is 0.551. The Morgan fingerprint density at radius 3 is 2.42 bits per heavy atom. The molecule has 1 aliphatic heterocycles. The average Bonchev–Trinajstić information content (AvgIpc) is 2.65. The maximum atomic E-state index is 12.7. The van der Waals surface area contributed by atoms with Crippen LogP contribution in [0.4, 0.5) is 5.69 Å². The van der Waals surface area contributed by atoms with Crippen molar-refractivity contribution in [3.8, 4) is 5.75 Å². The van der Waals surface area contributed by atoms with E-state index >= 15 is 0 Å². The molecule has 1 saturated heterocycles. The molecule has 0 radical (unpaired) electrons. The van der Waals surface area contributed by atoms with Crippen LogP contribution in [0.1, 0.15) is 18.1 Å². The fraction of sp³-hybridized carbons (Fsp3) is 0.381. The molecule has 1 atom stereocenters. The van der Waals surface area contributed by atoms with Gasteiger partial charge in [0.2, 0.25) is 0 Å². The van der Waals surface area contributed by atoms with E-state index in [9.17, 15) is 4.79 Å². The lowest BCUT2D eigenvalue weighted by Gasteiger charge is -2.38. The lowest BCUT2D eigenvalue weighted by molar-refractivity contribution is -0.138. The number of rotatable bonds is 4. The predicted octanol–water partition coefficient (Wildman–Crippen LogP) is 4.07. The van der Waals surface area contributed by atoms with Crippen molar-refractivity contribution in [3.05, 3.63) is 58.6 Å². The summed E-state index contributed by atoms with van der Waals surface area (Å²) in [6.45, 7) is 9.12. The van der Waals surface area contributed by atoms with Crippen LogP contribution in [0.3, 0.4) is 0 Å². The SMILES string of the molecule is Cc1cccc(N2CCN(C(=O)C(C)Oc3ccccc3Cl)CC2)c1C. The summed E-state index contributed by atoms with van der Waals surface area (Å²) in [5, 5.41) is 0.520. The monoisotopic (exact) mass is 372 g/mol. The molecule has 0 N–H and O–H groups in total. The minimum Gasteiger partial charge on any atom is -0.479 e. The number of ether oxygens (including phenoxy) is 1. The highest BCUT2D eigenvalue weighted by Crippen LogP contribution is 2.26. The Morgan fingerprint density at radius 1 is 1.04 bits per heavy atom. The molecule has 5 heteroatoms. The van der Waals surface area contributed by atoms with Crippen LogP contribution in [0, 0.1) is 13.8 Å². The van der Waals surface area contributed by atoms with E-state index in [4.69, 9.17) is 16.3 Å². The molecule has 1 unspecified atom stereocenters. The highest BCUT2D eigenvalue weighted by atomic mass is 35.5. The van der Waals surface area contributed by atoms with Gasteiger partial charge in [0.25, 0.3) is 5.91 Å². The number of carbonyl (C=O) groups excluding carboxylic acids is 1. The van der Waals surface area contributed by atoms with Crippen LogP contribution >= 0.6 is 11.6 Å². The van der Waals surface area contributed by atoms with Crippen LogP contribution in [0.5, 0.6) is 5.75 Å². The second kappa shape index (κ2) is 8.00. The number of anilines is 1. The van der Waals surface area contributed by atoms with Gasteiger partial charge in [0.05, 0.1) is 5.02 Å². The van der Waals surface area contributed by atoms with E-state index in [0.717, 1.165) is 13.1 Å². The molecule has 138 valence electrons. The van der Waals surface area contributed by atoms with Crippen molar-refractivity contribution in [1.29, 1.82) is 0 Å². The molecule has 0 aliphatic carbocycles. The van der Waals surface area contributed by atoms with E-state index in [2.05, 4.69) is 36.9 Å². The maximum absolute atomic E-state index is 12.7. The predicted molar refractivity (Wildman–Crippen MR) is 106 cm³/mol. The number of benzene rings is 2. The van der Waals surface area contributed by atoms with Crippen molar-refractivity contribution in [2.75, 3.05) is 31.1 Å². The number of aryl methyl sites for hydroxylation is 1. The van der Waals surface area contributed by atoms with Crippen LogP contribution < -0.4 is 9.64 Å². The standard InChI is InChI=1S/C21H25ClN2O2/c1-15-7-6-9-19(16(15)2)23-11-13-24(14-12-23)21(25)17(3)26-20-10-5-4-8-18(20)22/h4-10,17H,11-14H2,1-3H3. The Kier molecular flexibility index (Phi) is 5.72. The largest absolute Gasteiger partial charge is 0.479 e. The lowest BCUT2D eigenvalue weighted by Crippen LogP contribution is -2.52. The molecule has 26 heavy (non-hydrogen) atoms. The van der Waals surface area contributed by atoms with Crippen LogP contribution in [-0.4, -0.2) is 43.1 Å². The molecule has 2 aromatic rings. The van der Waals surface area contributed by atoms with Crippen LogP contribution in [0.2, 0.25) is 5.02 Å². The zero-order valence-electron chi connectivity index (χ0n) is 15.5. The summed E-state index contributed by atoms with van der Waals surface area (Å²) in [5.41, 5.74) is 3.86.